The second-order valence-corrected chi connectivity index (χ2v) is 7.07. The van der Waals surface area contributed by atoms with Crippen molar-refractivity contribution in [2.75, 3.05) is 44.3 Å². The van der Waals surface area contributed by atoms with E-state index in [2.05, 4.69) is 10.9 Å². The van der Waals surface area contributed by atoms with Gasteiger partial charge < -0.3 is 14.5 Å². The number of amides is 3. The van der Waals surface area contributed by atoms with Crippen LogP contribution in [0.4, 0.5) is 10.1 Å². The van der Waals surface area contributed by atoms with Crippen molar-refractivity contribution >= 4 is 23.4 Å². The van der Waals surface area contributed by atoms with Crippen molar-refractivity contribution < 1.29 is 23.5 Å². The SMILES string of the molecule is O=C(COCC(=O)N1CCN(c2ccccc2F)CC1)NNC(=O)Cc1ccccc1. The quantitative estimate of drug-likeness (QED) is 0.639. The maximum absolute atomic E-state index is 13.9. The van der Waals surface area contributed by atoms with E-state index in [0.717, 1.165) is 5.56 Å². The molecule has 0 radical (unpaired) electrons. The van der Waals surface area contributed by atoms with Gasteiger partial charge in [0, 0.05) is 26.2 Å². The molecule has 0 saturated carbocycles. The molecule has 0 spiro atoms. The Hall–Kier alpha value is -3.46. The average Bonchev–Trinajstić information content (AvgIpc) is 2.79. The number of hydrogen-bond donors (Lipinski definition) is 2. The maximum atomic E-state index is 13.9. The van der Waals surface area contributed by atoms with Gasteiger partial charge in [0.05, 0.1) is 12.1 Å². The van der Waals surface area contributed by atoms with Crippen molar-refractivity contribution in [2.24, 2.45) is 0 Å². The number of hydrogen-bond acceptors (Lipinski definition) is 5. The van der Waals surface area contributed by atoms with E-state index in [0.29, 0.717) is 31.9 Å². The van der Waals surface area contributed by atoms with Gasteiger partial charge in [-0.05, 0) is 17.7 Å². The number of carbonyl (C=O) groups excluding carboxylic acids is 3. The molecule has 1 aliphatic heterocycles. The minimum atomic E-state index is -0.557. The zero-order valence-corrected chi connectivity index (χ0v) is 17.1. The number of nitrogens with one attached hydrogen (secondary N) is 2. The predicted octanol–water partition coefficient (Wildman–Crippen LogP) is 0.881. The minimum absolute atomic E-state index is 0.138. The van der Waals surface area contributed by atoms with E-state index in [4.69, 9.17) is 4.74 Å². The molecule has 2 aromatic carbocycles. The number of nitrogens with zero attached hydrogens (tertiary/aromatic N) is 2. The predicted molar refractivity (Wildman–Crippen MR) is 112 cm³/mol. The summed E-state index contributed by atoms with van der Waals surface area (Å²) < 4.78 is 19.1. The summed E-state index contributed by atoms with van der Waals surface area (Å²) in [6.07, 6.45) is 0.138. The van der Waals surface area contributed by atoms with Gasteiger partial charge in [0.2, 0.25) is 11.8 Å². The zero-order valence-electron chi connectivity index (χ0n) is 17.1. The van der Waals surface area contributed by atoms with Crippen LogP contribution in [-0.2, 0) is 25.5 Å². The van der Waals surface area contributed by atoms with Gasteiger partial charge >= 0.3 is 0 Å². The van der Waals surface area contributed by atoms with Gasteiger partial charge in [0.25, 0.3) is 5.91 Å². The lowest BCUT2D eigenvalue weighted by atomic mass is 10.1. The number of hydrazine groups is 1. The van der Waals surface area contributed by atoms with E-state index in [9.17, 15) is 18.8 Å². The lowest BCUT2D eigenvalue weighted by Crippen LogP contribution is -2.50. The fourth-order valence-corrected chi connectivity index (χ4v) is 3.23. The Bertz CT molecular complexity index is 901. The van der Waals surface area contributed by atoms with Crippen molar-refractivity contribution in [3.63, 3.8) is 0 Å². The molecule has 3 rings (SSSR count). The van der Waals surface area contributed by atoms with Crippen LogP contribution in [0.2, 0.25) is 0 Å². The summed E-state index contributed by atoms with van der Waals surface area (Å²) in [5.74, 6) is -1.44. The minimum Gasteiger partial charge on any atom is -0.366 e. The van der Waals surface area contributed by atoms with Gasteiger partial charge in [-0.3, -0.25) is 25.2 Å². The first-order valence-corrected chi connectivity index (χ1v) is 9.99. The van der Waals surface area contributed by atoms with Crippen LogP contribution in [-0.4, -0.2) is 62.0 Å². The molecule has 2 N–H and O–H groups in total. The molecule has 0 bridgehead atoms. The summed E-state index contributed by atoms with van der Waals surface area (Å²) in [5.41, 5.74) is 5.91. The number of para-hydroxylation sites is 1. The molecule has 31 heavy (non-hydrogen) atoms. The molecule has 1 fully saturated rings. The molecule has 8 nitrogen and oxygen atoms in total. The Morgan fingerprint density at radius 1 is 0.839 bits per heavy atom. The molecule has 2 aromatic rings. The third kappa shape index (κ3) is 6.78. The summed E-state index contributed by atoms with van der Waals surface area (Å²) in [4.78, 5) is 39.4. The van der Waals surface area contributed by atoms with Crippen LogP contribution in [0.25, 0.3) is 0 Å². The second kappa shape index (κ2) is 11.1. The van der Waals surface area contributed by atoms with E-state index in [1.54, 1.807) is 23.1 Å². The van der Waals surface area contributed by atoms with Crippen molar-refractivity contribution in [1.29, 1.82) is 0 Å². The average molecular weight is 428 g/mol. The fourth-order valence-electron chi connectivity index (χ4n) is 3.23. The number of halogens is 1. The third-order valence-corrected chi connectivity index (χ3v) is 4.83. The Balaban J connectivity index is 1.31. The molecule has 0 atom stereocenters. The van der Waals surface area contributed by atoms with Crippen molar-refractivity contribution in [3.8, 4) is 0 Å². The molecule has 3 amide bonds. The molecular weight excluding hydrogens is 403 g/mol. The number of ether oxygens (including phenoxy) is 1. The Morgan fingerprint density at radius 2 is 1.48 bits per heavy atom. The monoisotopic (exact) mass is 428 g/mol. The lowest BCUT2D eigenvalue weighted by molar-refractivity contribution is -0.139. The van der Waals surface area contributed by atoms with E-state index in [1.165, 1.54) is 6.07 Å². The molecule has 0 aromatic heterocycles. The summed E-state index contributed by atoms with van der Waals surface area (Å²) in [7, 11) is 0. The van der Waals surface area contributed by atoms with Gasteiger partial charge in [0.15, 0.2) is 0 Å². The number of benzene rings is 2. The highest BCUT2D eigenvalue weighted by Crippen LogP contribution is 2.20. The van der Waals surface area contributed by atoms with Crippen LogP contribution < -0.4 is 15.8 Å². The fraction of sp³-hybridized carbons (Fsp3) is 0.318. The molecule has 1 heterocycles. The topological polar surface area (TPSA) is 91.0 Å². The van der Waals surface area contributed by atoms with Crippen LogP contribution in [0.15, 0.2) is 54.6 Å². The summed E-state index contributed by atoms with van der Waals surface area (Å²) in [6.45, 7) is 1.31. The standard InChI is InChI=1S/C22H25FN4O4/c23-18-8-4-5-9-19(18)26-10-12-27(13-11-26)22(30)16-31-15-21(29)25-24-20(28)14-17-6-2-1-3-7-17/h1-9H,10-16H2,(H,24,28)(H,25,29). The van der Waals surface area contributed by atoms with Gasteiger partial charge in [-0.2, -0.15) is 0 Å². The first-order chi connectivity index (χ1) is 15.0. The van der Waals surface area contributed by atoms with E-state index >= 15 is 0 Å². The van der Waals surface area contributed by atoms with Gasteiger partial charge in [-0.15, -0.1) is 0 Å². The summed E-state index contributed by atoms with van der Waals surface area (Å²) in [5, 5.41) is 0. The highest BCUT2D eigenvalue weighted by molar-refractivity contribution is 5.84. The number of piperazine rings is 1. The number of rotatable bonds is 7. The van der Waals surface area contributed by atoms with Crippen molar-refractivity contribution in [3.05, 3.63) is 66.0 Å². The Morgan fingerprint density at radius 3 is 2.19 bits per heavy atom. The highest BCUT2D eigenvalue weighted by atomic mass is 19.1. The summed E-state index contributed by atoms with van der Waals surface area (Å²) >= 11 is 0. The van der Waals surface area contributed by atoms with E-state index < -0.39 is 5.91 Å². The maximum Gasteiger partial charge on any atom is 0.264 e. The lowest BCUT2D eigenvalue weighted by Gasteiger charge is -2.36. The largest absolute Gasteiger partial charge is 0.366 e. The van der Waals surface area contributed by atoms with Crippen LogP contribution in [0, 0.1) is 5.82 Å². The van der Waals surface area contributed by atoms with Gasteiger partial charge in [-0.1, -0.05) is 42.5 Å². The molecule has 1 aliphatic rings. The molecular formula is C22H25FN4O4. The Labute approximate surface area is 179 Å². The first-order valence-electron chi connectivity index (χ1n) is 9.99. The van der Waals surface area contributed by atoms with Crippen LogP contribution in [0.1, 0.15) is 5.56 Å². The van der Waals surface area contributed by atoms with Crippen molar-refractivity contribution in [1.82, 2.24) is 15.8 Å². The number of anilines is 1. The normalized spacial score (nSPS) is 13.6. The second-order valence-electron chi connectivity index (χ2n) is 7.07. The molecule has 1 saturated heterocycles. The molecule has 0 aliphatic carbocycles. The zero-order chi connectivity index (χ0) is 22.1. The molecule has 0 unspecified atom stereocenters. The van der Waals surface area contributed by atoms with Crippen molar-refractivity contribution in [2.45, 2.75) is 6.42 Å². The molecule has 9 heteroatoms. The molecule has 164 valence electrons. The van der Waals surface area contributed by atoms with E-state index in [-0.39, 0.29) is 37.3 Å². The first kappa shape index (κ1) is 22.2. The summed E-state index contributed by atoms with van der Waals surface area (Å²) in [6, 6.07) is 15.7. The third-order valence-electron chi connectivity index (χ3n) is 4.83. The van der Waals surface area contributed by atoms with Crippen LogP contribution >= 0.6 is 0 Å². The van der Waals surface area contributed by atoms with Crippen LogP contribution in [0.5, 0.6) is 0 Å². The number of carbonyl (C=O) groups is 3. The van der Waals surface area contributed by atoms with E-state index in [1.807, 2.05) is 35.2 Å². The Kier molecular flexibility index (Phi) is 7.94. The highest BCUT2D eigenvalue weighted by Gasteiger charge is 2.22. The van der Waals surface area contributed by atoms with Crippen LogP contribution in [0.3, 0.4) is 0 Å². The smallest absolute Gasteiger partial charge is 0.264 e. The van der Waals surface area contributed by atoms with Gasteiger partial charge in [-0.25, -0.2) is 4.39 Å². The van der Waals surface area contributed by atoms with Gasteiger partial charge in [0.1, 0.15) is 19.0 Å².